The summed E-state index contributed by atoms with van der Waals surface area (Å²) < 4.78 is 0. The summed E-state index contributed by atoms with van der Waals surface area (Å²) in [7, 11) is 0. The van der Waals surface area contributed by atoms with Gasteiger partial charge in [0.05, 0.1) is 18.5 Å². The Kier molecular flexibility index (Phi) is 15.3. The third-order valence-corrected chi connectivity index (χ3v) is 6.93. The smallest absolute Gasteiger partial charge is 0.243 e. The highest BCUT2D eigenvalue weighted by Gasteiger charge is 2.31. The third-order valence-electron chi connectivity index (χ3n) is 6.93. The van der Waals surface area contributed by atoms with Gasteiger partial charge in [0.1, 0.15) is 35.9 Å². The zero-order valence-corrected chi connectivity index (χ0v) is 26.4. The van der Waals surface area contributed by atoms with Crippen molar-refractivity contribution in [1.82, 2.24) is 21.3 Å². The molecule has 0 aliphatic rings. The van der Waals surface area contributed by atoms with Crippen molar-refractivity contribution >= 4 is 41.8 Å². The number of rotatable bonds is 19. The molecule has 0 fully saturated rings. The van der Waals surface area contributed by atoms with Gasteiger partial charge in [0, 0.05) is 19.4 Å². The first-order valence-corrected chi connectivity index (χ1v) is 15.0. The number of aldehydes is 1. The molecule has 0 aliphatic carbocycles. The first-order chi connectivity index (χ1) is 22.7. The first-order valence-electron chi connectivity index (χ1n) is 15.0. The molecular formula is C31H43N9O8. The predicted molar refractivity (Wildman–Crippen MR) is 175 cm³/mol. The molecule has 2 rings (SSSR count). The van der Waals surface area contributed by atoms with Crippen LogP contribution in [0.25, 0.3) is 0 Å². The zero-order chi connectivity index (χ0) is 35.8. The largest absolute Gasteiger partial charge is 0.508 e. The minimum Gasteiger partial charge on any atom is -0.508 e. The SMILES string of the molecule is C[C@@H](C=O)NC(=O)[C@H](Cc1ccc(O)cc1)NC(=O)[C@H](Cc1ccc(O)cc1)NC(=O)[C@H](CCCN=C(N)N)NC(=O)[C@@H](N)CC(N)=O. The van der Waals surface area contributed by atoms with Gasteiger partial charge < -0.3 is 59.2 Å². The normalized spacial score (nSPS) is 13.8. The Morgan fingerprint density at radius 1 is 0.729 bits per heavy atom. The van der Waals surface area contributed by atoms with Crippen LogP contribution in [0.15, 0.2) is 53.5 Å². The third kappa shape index (κ3) is 13.7. The van der Waals surface area contributed by atoms with Crippen molar-refractivity contribution in [2.45, 2.75) is 69.2 Å². The quantitative estimate of drug-likeness (QED) is 0.0317. The zero-order valence-electron chi connectivity index (χ0n) is 26.4. The van der Waals surface area contributed by atoms with Crippen LogP contribution in [0.3, 0.4) is 0 Å². The summed E-state index contributed by atoms with van der Waals surface area (Å²) in [5.74, 6) is -4.16. The molecule has 0 bridgehead atoms. The molecule has 2 aromatic rings. The summed E-state index contributed by atoms with van der Waals surface area (Å²) >= 11 is 0. The standard InChI is InChI=1S/C31H43N9O8/c1-17(16-41)37-29(47)24(13-18-4-8-20(42)9-5-18)40-30(48)25(14-19-6-10-21(43)11-7-19)39-28(46)23(3-2-12-36-31(34)35)38-27(45)22(32)15-26(33)44/h4-11,16-17,22-25,42-43H,2-3,12-15,32H2,1H3,(H2,33,44)(H,37,47)(H,38,45)(H,39,46)(H,40,48)(H4,34,35,36)/t17-,22-,23-,24-,25-/m0/s1. The Morgan fingerprint density at radius 2 is 1.17 bits per heavy atom. The van der Waals surface area contributed by atoms with Crippen LogP contribution in [0.5, 0.6) is 11.5 Å². The molecule has 17 heteroatoms. The molecule has 0 aromatic heterocycles. The van der Waals surface area contributed by atoms with Crippen LogP contribution >= 0.6 is 0 Å². The van der Waals surface area contributed by atoms with E-state index in [9.17, 15) is 39.0 Å². The predicted octanol–water partition coefficient (Wildman–Crippen LogP) is -2.70. The topological polar surface area (TPSA) is 307 Å². The molecular weight excluding hydrogens is 626 g/mol. The Morgan fingerprint density at radius 3 is 1.60 bits per heavy atom. The van der Waals surface area contributed by atoms with Crippen LogP contribution < -0.4 is 44.2 Å². The number of nitrogens with zero attached hydrogens (tertiary/aromatic N) is 1. The second kappa shape index (κ2) is 19.1. The van der Waals surface area contributed by atoms with Crippen LogP contribution in [0, 0.1) is 0 Å². The van der Waals surface area contributed by atoms with E-state index in [1.54, 1.807) is 12.1 Å². The molecule has 2 aromatic carbocycles. The highest BCUT2D eigenvalue weighted by molar-refractivity contribution is 5.96. The second-order valence-electron chi connectivity index (χ2n) is 11.1. The minimum atomic E-state index is -1.35. The Balaban J connectivity index is 2.39. The van der Waals surface area contributed by atoms with Crippen LogP contribution in [0.2, 0.25) is 0 Å². The molecule has 260 valence electrons. The molecule has 5 amide bonds. The molecule has 0 saturated carbocycles. The van der Waals surface area contributed by atoms with Gasteiger partial charge in [-0.05, 0) is 55.2 Å². The van der Waals surface area contributed by atoms with Crippen molar-refractivity contribution in [2.24, 2.45) is 27.9 Å². The van der Waals surface area contributed by atoms with Crippen LogP contribution in [0.1, 0.15) is 37.3 Å². The lowest BCUT2D eigenvalue weighted by atomic mass is 10.0. The van der Waals surface area contributed by atoms with Gasteiger partial charge in [-0.15, -0.1) is 0 Å². The number of primary amides is 1. The van der Waals surface area contributed by atoms with E-state index in [2.05, 4.69) is 26.3 Å². The van der Waals surface area contributed by atoms with Crippen LogP contribution in [-0.4, -0.2) is 88.7 Å². The van der Waals surface area contributed by atoms with E-state index in [4.69, 9.17) is 22.9 Å². The lowest BCUT2D eigenvalue weighted by molar-refractivity contribution is -0.134. The van der Waals surface area contributed by atoms with E-state index in [0.717, 1.165) is 0 Å². The average Bonchev–Trinajstić information content (AvgIpc) is 3.03. The van der Waals surface area contributed by atoms with Gasteiger partial charge in [0.15, 0.2) is 5.96 Å². The summed E-state index contributed by atoms with van der Waals surface area (Å²) in [6.07, 6.45) is 0.118. The number of phenolic OH excluding ortho intramolecular Hbond substituents is 2. The lowest BCUT2D eigenvalue weighted by Crippen LogP contribution is -2.59. The lowest BCUT2D eigenvalue weighted by Gasteiger charge is -2.26. The van der Waals surface area contributed by atoms with Gasteiger partial charge in [-0.3, -0.25) is 29.0 Å². The van der Waals surface area contributed by atoms with E-state index in [1.807, 2.05) is 0 Å². The summed E-state index contributed by atoms with van der Waals surface area (Å²) in [6.45, 7) is 1.56. The highest BCUT2D eigenvalue weighted by atomic mass is 16.3. The minimum absolute atomic E-state index is 0.000655. The van der Waals surface area contributed by atoms with Gasteiger partial charge in [0.2, 0.25) is 29.5 Å². The summed E-state index contributed by atoms with van der Waals surface area (Å²) in [5.41, 5.74) is 22.8. The Labute approximate surface area is 276 Å². The summed E-state index contributed by atoms with van der Waals surface area (Å²) in [6, 6.07) is 5.76. The van der Waals surface area contributed by atoms with E-state index < -0.39 is 66.2 Å². The van der Waals surface area contributed by atoms with Gasteiger partial charge in [-0.25, -0.2) is 0 Å². The fourth-order valence-electron chi connectivity index (χ4n) is 4.42. The summed E-state index contributed by atoms with van der Waals surface area (Å²) in [4.78, 5) is 79.7. The molecule has 17 nitrogen and oxygen atoms in total. The first kappa shape index (κ1) is 38.5. The number of nitrogens with one attached hydrogen (secondary N) is 4. The van der Waals surface area contributed by atoms with Crippen LogP contribution in [0.4, 0.5) is 0 Å². The Hall–Kier alpha value is -5.71. The van der Waals surface area contributed by atoms with Crippen molar-refractivity contribution in [3.63, 3.8) is 0 Å². The van der Waals surface area contributed by atoms with Crippen LogP contribution in [-0.2, 0) is 41.6 Å². The van der Waals surface area contributed by atoms with E-state index in [0.29, 0.717) is 17.4 Å². The number of carbonyl (C=O) groups is 6. The average molecular weight is 670 g/mol. The number of hydrogen-bond donors (Lipinski definition) is 10. The van der Waals surface area contributed by atoms with Gasteiger partial charge in [-0.2, -0.15) is 0 Å². The van der Waals surface area contributed by atoms with Crippen molar-refractivity contribution in [3.8, 4) is 11.5 Å². The molecule has 0 aliphatic heterocycles. The molecule has 48 heavy (non-hydrogen) atoms. The number of carbonyl (C=O) groups excluding carboxylic acids is 6. The number of benzene rings is 2. The van der Waals surface area contributed by atoms with Crippen molar-refractivity contribution in [1.29, 1.82) is 0 Å². The van der Waals surface area contributed by atoms with E-state index >= 15 is 0 Å². The number of phenols is 2. The fourth-order valence-corrected chi connectivity index (χ4v) is 4.42. The van der Waals surface area contributed by atoms with E-state index in [1.165, 1.54) is 43.3 Å². The molecule has 0 unspecified atom stereocenters. The monoisotopic (exact) mass is 669 g/mol. The van der Waals surface area contributed by atoms with Crippen molar-refractivity contribution < 1.29 is 39.0 Å². The number of amides is 5. The fraction of sp³-hybridized carbons (Fsp3) is 0.387. The number of hydrogen-bond acceptors (Lipinski definition) is 10. The van der Waals surface area contributed by atoms with Crippen molar-refractivity contribution in [3.05, 3.63) is 59.7 Å². The number of aromatic hydroxyl groups is 2. The second-order valence-corrected chi connectivity index (χ2v) is 11.1. The molecule has 0 heterocycles. The summed E-state index contributed by atoms with van der Waals surface area (Å²) in [5, 5.41) is 29.6. The number of nitrogens with two attached hydrogens (primary N) is 4. The van der Waals surface area contributed by atoms with Gasteiger partial charge in [-0.1, -0.05) is 24.3 Å². The number of guanidine groups is 1. The molecule has 14 N–H and O–H groups in total. The number of aliphatic imine (C=N–C) groups is 1. The van der Waals surface area contributed by atoms with Gasteiger partial charge >= 0.3 is 0 Å². The molecule has 0 spiro atoms. The van der Waals surface area contributed by atoms with E-state index in [-0.39, 0.29) is 49.7 Å². The maximum Gasteiger partial charge on any atom is 0.243 e. The molecule has 0 radical (unpaired) electrons. The molecule has 0 saturated heterocycles. The Bertz CT molecular complexity index is 1450. The maximum absolute atomic E-state index is 13.8. The molecule has 5 atom stereocenters. The maximum atomic E-state index is 13.8. The van der Waals surface area contributed by atoms with Crippen molar-refractivity contribution in [2.75, 3.05) is 6.54 Å². The van der Waals surface area contributed by atoms with Gasteiger partial charge in [0.25, 0.3) is 0 Å². The highest BCUT2D eigenvalue weighted by Crippen LogP contribution is 2.14.